The minimum absolute atomic E-state index is 0. The van der Waals surface area contributed by atoms with Crippen molar-refractivity contribution in [2.45, 2.75) is 59.1 Å². The van der Waals surface area contributed by atoms with Crippen LogP contribution >= 0.6 is 12.4 Å². The van der Waals surface area contributed by atoms with E-state index >= 15 is 0 Å². The molecule has 0 fully saturated rings. The molecule has 0 aromatic heterocycles. The Labute approximate surface area is 117 Å². The molecule has 0 aromatic rings. The molecule has 0 aliphatic heterocycles. The van der Waals surface area contributed by atoms with Crippen molar-refractivity contribution in [3.8, 4) is 0 Å². The summed E-state index contributed by atoms with van der Waals surface area (Å²) in [5, 5.41) is 2.88. The fraction of sp³-hybridized carbons (Fsp3) is 0.923. The van der Waals surface area contributed by atoms with Crippen molar-refractivity contribution in [2.24, 2.45) is 11.1 Å². The first kappa shape index (κ1) is 20.0. The lowest BCUT2D eigenvalue weighted by Gasteiger charge is -2.31. The highest BCUT2D eigenvalue weighted by atomic mass is 35.5. The third-order valence-corrected chi connectivity index (χ3v) is 2.99. The third-order valence-electron chi connectivity index (χ3n) is 2.99. The maximum absolute atomic E-state index is 11.9. The molecule has 0 aliphatic rings. The molecule has 18 heavy (non-hydrogen) atoms. The summed E-state index contributed by atoms with van der Waals surface area (Å²) in [4.78, 5) is 11.9. The van der Waals surface area contributed by atoms with E-state index in [1.807, 2.05) is 6.92 Å². The molecule has 5 heteroatoms. The van der Waals surface area contributed by atoms with Crippen molar-refractivity contribution in [3.05, 3.63) is 0 Å². The topological polar surface area (TPSA) is 64.4 Å². The SMILES string of the molecule is CCCC(C)(N)C(=O)NCC(OC)C(C)(C)C.Cl. The molecular weight excluding hydrogens is 252 g/mol. The molecule has 2 unspecified atom stereocenters. The van der Waals surface area contributed by atoms with Crippen LogP contribution in [0.3, 0.4) is 0 Å². The summed E-state index contributed by atoms with van der Waals surface area (Å²) < 4.78 is 5.38. The second kappa shape index (κ2) is 7.97. The van der Waals surface area contributed by atoms with Crippen molar-refractivity contribution in [1.29, 1.82) is 0 Å². The quantitative estimate of drug-likeness (QED) is 0.783. The zero-order valence-corrected chi connectivity index (χ0v) is 13.3. The number of methoxy groups -OCH3 is 1. The second-order valence-corrected chi connectivity index (χ2v) is 5.97. The molecule has 1 amide bonds. The van der Waals surface area contributed by atoms with Crippen LogP contribution in [-0.2, 0) is 9.53 Å². The number of hydrogen-bond donors (Lipinski definition) is 2. The van der Waals surface area contributed by atoms with Crippen molar-refractivity contribution in [3.63, 3.8) is 0 Å². The van der Waals surface area contributed by atoms with E-state index in [0.717, 1.165) is 6.42 Å². The van der Waals surface area contributed by atoms with E-state index in [2.05, 4.69) is 26.1 Å². The average Bonchev–Trinajstić information content (AvgIpc) is 2.16. The molecule has 3 N–H and O–H groups in total. The summed E-state index contributed by atoms with van der Waals surface area (Å²) in [6.45, 7) is 10.5. The summed E-state index contributed by atoms with van der Waals surface area (Å²) >= 11 is 0. The number of carbonyl (C=O) groups excluding carboxylic acids is 1. The van der Waals surface area contributed by atoms with Gasteiger partial charge in [-0.05, 0) is 18.8 Å². The number of carbonyl (C=O) groups is 1. The van der Waals surface area contributed by atoms with Crippen LogP contribution in [0.2, 0.25) is 0 Å². The molecule has 4 nitrogen and oxygen atoms in total. The van der Waals surface area contributed by atoms with Gasteiger partial charge in [-0.25, -0.2) is 0 Å². The van der Waals surface area contributed by atoms with Gasteiger partial charge in [0.25, 0.3) is 0 Å². The molecule has 0 heterocycles. The average molecular weight is 281 g/mol. The highest BCUT2D eigenvalue weighted by Gasteiger charge is 2.30. The maximum atomic E-state index is 11.9. The number of halogens is 1. The van der Waals surface area contributed by atoms with Gasteiger partial charge in [-0.15, -0.1) is 12.4 Å². The first-order valence-electron chi connectivity index (χ1n) is 6.25. The molecule has 2 atom stereocenters. The first-order valence-corrected chi connectivity index (χ1v) is 6.25. The summed E-state index contributed by atoms with van der Waals surface area (Å²) in [7, 11) is 1.66. The van der Waals surface area contributed by atoms with E-state index in [4.69, 9.17) is 10.5 Å². The number of nitrogens with one attached hydrogen (secondary N) is 1. The van der Waals surface area contributed by atoms with Gasteiger partial charge >= 0.3 is 0 Å². The van der Waals surface area contributed by atoms with Crippen LogP contribution < -0.4 is 11.1 Å². The minimum atomic E-state index is -0.787. The smallest absolute Gasteiger partial charge is 0.239 e. The van der Waals surface area contributed by atoms with E-state index in [1.165, 1.54) is 0 Å². The van der Waals surface area contributed by atoms with Crippen LogP contribution in [0.4, 0.5) is 0 Å². The van der Waals surface area contributed by atoms with Gasteiger partial charge in [0.15, 0.2) is 0 Å². The number of nitrogens with two attached hydrogens (primary N) is 1. The van der Waals surface area contributed by atoms with Gasteiger partial charge in [-0.3, -0.25) is 4.79 Å². The monoisotopic (exact) mass is 280 g/mol. The Balaban J connectivity index is 0. The lowest BCUT2D eigenvalue weighted by atomic mass is 9.88. The Hall–Kier alpha value is -0.320. The van der Waals surface area contributed by atoms with E-state index in [1.54, 1.807) is 14.0 Å². The zero-order valence-electron chi connectivity index (χ0n) is 12.5. The Kier molecular flexibility index (Phi) is 8.86. The van der Waals surface area contributed by atoms with Crippen LogP contribution in [0.15, 0.2) is 0 Å². The Morgan fingerprint density at radius 1 is 1.33 bits per heavy atom. The standard InChI is InChI=1S/C13H28N2O2.ClH/c1-7-8-13(5,14)11(16)15-9-10(17-6)12(2,3)4;/h10H,7-9,14H2,1-6H3,(H,15,16);1H. The van der Waals surface area contributed by atoms with Crippen molar-refractivity contribution >= 4 is 18.3 Å². The van der Waals surface area contributed by atoms with Gasteiger partial charge in [0.05, 0.1) is 11.6 Å². The van der Waals surface area contributed by atoms with Gasteiger partial charge in [-0.2, -0.15) is 0 Å². The Morgan fingerprint density at radius 3 is 2.17 bits per heavy atom. The highest BCUT2D eigenvalue weighted by molar-refractivity contribution is 5.85. The van der Waals surface area contributed by atoms with Crippen LogP contribution in [0.25, 0.3) is 0 Å². The molecule has 0 spiro atoms. The maximum Gasteiger partial charge on any atom is 0.239 e. The summed E-state index contributed by atoms with van der Waals surface area (Å²) in [5.41, 5.74) is 5.17. The van der Waals surface area contributed by atoms with Crippen LogP contribution in [0.5, 0.6) is 0 Å². The molecule has 110 valence electrons. The Morgan fingerprint density at radius 2 is 1.83 bits per heavy atom. The van der Waals surface area contributed by atoms with E-state index in [9.17, 15) is 4.79 Å². The van der Waals surface area contributed by atoms with Crippen LogP contribution in [0, 0.1) is 5.41 Å². The van der Waals surface area contributed by atoms with Gasteiger partial charge in [0, 0.05) is 13.7 Å². The normalized spacial score (nSPS) is 16.4. The minimum Gasteiger partial charge on any atom is -0.379 e. The predicted molar refractivity (Wildman–Crippen MR) is 78.0 cm³/mol. The number of rotatable bonds is 6. The summed E-state index contributed by atoms with van der Waals surface area (Å²) in [5.74, 6) is -0.106. The molecule has 0 saturated heterocycles. The van der Waals surface area contributed by atoms with Crippen molar-refractivity contribution in [1.82, 2.24) is 5.32 Å². The number of ether oxygens (including phenoxy) is 1. The van der Waals surface area contributed by atoms with E-state index in [0.29, 0.717) is 13.0 Å². The van der Waals surface area contributed by atoms with Gasteiger partial charge in [0.2, 0.25) is 5.91 Å². The lowest BCUT2D eigenvalue weighted by Crippen LogP contribution is -2.54. The number of hydrogen-bond acceptors (Lipinski definition) is 3. The number of amides is 1. The molecule has 0 aliphatic carbocycles. The van der Waals surface area contributed by atoms with E-state index < -0.39 is 5.54 Å². The largest absolute Gasteiger partial charge is 0.379 e. The fourth-order valence-electron chi connectivity index (χ4n) is 1.76. The van der Waals surface area contributed by atoms with E-state index in [-0.39, 0.29) is 29.8 Å². The highest BCUT2D eigenvalue weighted by Crippen LogP contribution is 2.21. The van der Waals surface area contributed by atoms with Gasteiger partial charge in [-0.1, -0.05) is 34.1 Å². The molecular formula is C13H29ClN2O2. The van der Waals surface area contributed by atoms with Gasteiger partial charge < -0.3 is 15.8 Å². The predicted octanol–water partition coefficient (Wildman–Crippen LogP) is 2.10. The van der Waals surface area contributed by atoms with Crippen molar-refractivity contribution < 1.29 is 9.53 Å². The van der Waals surface area contributed by atoms with Crippen LogP contribution in [0.1, 0.15) is 47.5 Å². The van der Waals surface area contributed by atoms with Gasteiger partial charge in [0.1, 0.15) is 0 Å². The lowest BCUT2D eigenvalue weighted by molar-refractivity contribution is -0.127. The summed E-state index contributed by atoms with van der Waals surface area (Å²) in [6, 6.07) is 0. The second-order valence-electron chi connectivity index (χ2n) is 5.97. The van der Waals surface area contributed by atoms with Crippen molar-refractivity contribution in [2.75, 3.05) is 13.7 Å². The van der Waals surface area contributed by atoms with Crippen LogP contribution in [-0.4, -0.2) is 31.2 Å². The molecule has 0 rings (SSSR count). The zero-order chi connectivity index (χ0) is 13.7. The molecule has 0 aromatic carbocycles. The molecule has 0 saturated carbocycles. The first-order chi connectivity index (χ1) is 7.65. The molecule has 0 bridgehead atoms. The fourth-order valence-corrected chi connectivity index (χ4v) is 1.76. The Bertz CT molecular complexity index is 250. The third kappa shape index (κ3) is 6.57. The summed E-state index contributed by atoms with van der Waals surface area (Å²) in [6.07, 6.45) is 1.57. The molecule has 0 radical (unpaired) electrons.